The van der Waals surface area contributed by atoms with Gasteiger partial charge in [0.1, 0.15) is 5.82 Å². The van der Waals surface area contributed by atoms with Crippen molar-refractivity contribution in [1.82, 2.24) is 4.72 Å². The second-order valence-electron chi connectivity index (χ2n) is 3.00. The average molecular weight is 296 g/mol. The minimum atomic E-state index is -2.55. The van der Waals surface area contributed by atoms with Crippen molar-refractivity contribution >= 4 is 26.8 Å². The van der Waals surface area contributed by atoms with Crippen molar-refractivity contribution in [2.75, 3.05) is 6.54 Å². The molecule has 84 valence electrons. The molecule has 0 amide bonds. The predicted octanol–water partition coefficient (Wildman–Crippen LogP) is 1.64. The van der Waals surface area contributed by atoms with Gasteiger partial charge in [0, 0.05) is 11.0 Å². The van der Waals surface area contributed by atoms with E-state index in [0.717, 1.165) is 0 Å². The summed E-state index contributed by atoms with van der Waals surface area (Å²) >= 11 is 3.16. The first-order valence-electron chi connectivity index (χ1n) is 4.41. The number of hydrogen-bond donors (Lipinski definition) is 2. The second-order valence-corrected chi connectivity index (χ2v) is 4.75. The molecule has 1 rings (SSSR count). The van der Waals surface area contributed by atoms with E-state index in [1.54, 1.807) is 12.1 Å². The molecule has 0 unspecified atom stereocenters. The van der Waals surface area contributed by atoms with E-state index in [9.17, 15) is 12.8 Å². The van der Waals surface area contributed by atoms with E-state index in [1.165, 1.54) is 6.07 Å². The number of rotatable bonds is 5. The maximum Gasteiger partial charge on any atom is 0.201 e. The fourth-order valence-electron chi connectivity index (χ4n) is 1.17. The fraction of sp³-hybridized carbons (Fsp3) is 0.333. The molecule has 0 aliphatic heterocycles. The summed E-state index contributed by atoms with van der Waals surface area (Å²) in [7, 11) is -2.55. The van der Waals surface area contributed by atoms with E-state index < -0.39 is 10.9 Å². The van der Waals surface area contributed by atoms with Crippen LogP contribution in [0.1, 0.15) is 12.0 Å². The molecule has 0 radical (unpaired) electrons. The minimum absolute atomic E-state index is 0.268. The number of nitrogens with one attached hydrogen (secondary N) is 1. The van der Waals surface area contributed by atoms with Crippen LogP contribution in [0.15, 0.2) is 22.7 Å². The van der Waals surface area contributed by atoms with Crippen molar-refractivity contribution in [3.63, 3.8) is 0 Å². The van der Waals surface area contributed by atoms with Crippen LogP contribution in [0.3, 0.4) is 0 Å². The third-order valence-electron chi connectivity index (χ3n) is 1.88. The first kappa shape index (κ1) is 12.6. The zero-order valence-corrected chi connectivity index (χ0v) is 10.4. The molecule has 0 heterocycles. The van der Waals surface area contributed by atoms with Crippen molar-refractivity contribution < 1.29 is 12.8 Å². The molecule has 3 nitrogen and oxygen atoms in total. The van der Waals surface area contributed by atoms with Crippen LogP contribution >= 0.6 is 15.9 Å². The second kappa shape index (κ2) is 6.19. The Morgan fingerprint density at radius 3 is 2.73 bits per heavy atom. The number of benzene rings is 1. The number of hydrogen-bond acceptors (Lipinski definition) is 2. The van der Waals surface area contributed by atoms with Crippen molar-refractivity contribution in [1.29, 1.82) is 0 Å². The molecule has 0 aliphatic carbocycles. The first-order valence-corrected chi connectivity index (χ1v) is 6.38. The zero-order valence-electron chi connectivity index (χ0n) is 7.87. The lowest BCUT2D eigenvalue weighted by atomic mass is 10.1. The molecule has 1 N–H and O–H groups in total. The highest BCUT2D eigenvalue weighted by Crippen LogP contribution is 2.16. The molecular formula is C9H11BrFNO2S. The van der Waals surface area contributed by atoms with Crippen LogP contribution in [-0.4, -0.2) is 15.0 Å². The summed E-state index contributed by atoms with van der Waals surface area (Å²) in [6.07, 6.45) is 1.11. The van der Waals surface area contributed by atoms with E-state index in [-0.39, 0.29) is 5.82 Å². The molecule has 0 saturated heterocycles. The van der Waals surface area contributed by atoms with Gasteiger partial charge in [-0.3, -0.25) is 0 Å². The largest absolute Gasteiger partial charge is 0.218 e. The Morgan fingerprint density at radius 2 is 2.13 bits per heavy atom. The Labute approximate surface area is 97.9 Å². The van der Waals surface area contributed by atoms with Gasteiger partial charge in [0.15, 0.2) is 0 Å². The van der Waals surface area contributed by atoms with Crippen LogP contribution in [0.4, 0.5) is 4.39 Å². The van der Waals surface area contributed by atoms with E-state index in [4.69, 9.17) is 0 Å². The highest BCUT2D eigenvalue weighted by atomic mass is 79.9. The summed E-state index contributed by atoms with van der Waals surface area (Å²) in [5.74, 6) is -0.268. The SMILES string of the molecule is O=[SH](=O)NCCCc1ccc(Br)cc1F. The molecule has 15 heavy (non-hydrogen) atoms. The molecule has 1 aromatic rings. The van der Waals surface area contributed by atoms with E-state index in [1.807, 2.05) is 0 Å². The molecule has 0 aliphatic rings. The molecule has 0 spiro atoms. The predicted molar refractivity (Wildman–Crippen MR) is 60.7 cm³/mol. The van der Waals surface area contributed by atoms with Crippen LogP contribution in [-0.2, 0) is 17.3 Å². The summed E-state index contributed by atoms with van der Waals surface area (Å²) in [6, 6.07) is 4.85. The Hall–Kier alpha value is -0.460. The van der Waals surface area contributed by atoms with Gasteiger partial charge in [0.2, 0.25) is 10.9 Å². The molecule has 1 aromatic carbocycles. The Morgan fingerprint density at radius 1 is 1.40 bits per heavy atom. The van der Waals surface area contributed by atoms with E-state index >= 15 is 0 Å². The molecule has 6 heteroatoms. The van der Waals surface area contributed by atoms with Gasteiger partial charge in [0.25, 0.3) is 0 Å². The number of aryl methyl sites for hydroxylation is 1. The maximum atomic E-state index is 13.3. The maximum absolute atomic E-state index is 13.3. The normalized spacial score (nSPS) is 10.9. The molecule has 0 aromatic heterocycles. The van der Waals surface area contributed by atoms with Crippen LogP contribution in [0, 0.1) is 5.82 Å². The summed E-state index contributed by atoms with van der Waals surface area (Å²) in [5.41, 5.74) is 0.598. The van der Waals surface area contributed by atoms with Gasteiger partial charge >= 0.3 is 0 Å². The number of halogens is 2. The zero-order chi connectivity index (χ0) is 11.3. The molecule has 0 atom stereocenters. The standard InChI is InChI=1S/C9H11BrFNO2S/c10-8-4-3-7(9(11)6-8)2-1-5-12-15(13)14/h3-4,6,15H,1-2,5H2,(H,12,13,14). The van der Waals surface area contributed by atoms with Gasteiger partial charge < -0.3 is 0 Å². The fourth-order valence-corrected chi connectivity index (χ4v) is 1.85. The summed E-state index contributed by atoms with van der Waals surface area (Å²) < 4.78 is 36.6. The van der Waals surface area contributed by atoms with Crippen molar-refractivity contribution in [2.24, 2.45) is 0 Å². The van der Waals surface area contributed by atoms with Gasteiger partial charge in [-0.05, 0) is 30.5 Å². The van der Waals surface area contributed by atoms with Gasteiger partial charge in [-0.25, -0.2) is 17.5 Å². The highest BCUT2D eigenvalue weighted by molar-refractivity contribution is 9.10. The van der Waals surface area contributed by atoms with Crippen molar-refractivity contribution in [3.05, 3.63) is 34.1 Å². The third-order valence-corrected chi connectivity index (χ3v) is 2.85. The van der Waals surface area contributed by atoms with Gasteiger partial charge in [-0.2, -0.15) is 0 Å². The van der Waals surface area contributed by atoms with Gasteiger partial charge in [-0.15, -0.1) is 0 Å². The van der Waals surface area contributed by atoms with E-state index in [2.05, 4.69) is 20.7 Å². The Bertz CT molecular complexity index is 401. The van der Waals surface area contributed by atoms with Crippen LogP contribution in [0.2, 0.25) is 0 Å². The Kier molecular flexibility index (Phi) is 5.21. The topological polar surface area (TPSA) is 46.2 Å². The quantitative estimate of drug-likeness (QED) is 0.641. The van der Waals surface area contributed by atoms with Crippen molar-refractivity contribution in [3.8, 4) is 0 Å². The molecule has 0 fully saturated rings. The van der Waals surface area contributed by atoms with Crippen LogP contribution in [0.5, 0.6) is 0 Å². The molecule has 0 bridgehead atoms. The average Bonchev–Trinajstić information content (AvgIpc) is 2.14. The minimum Gasteiger partial charge on any atom is -0.218 e. The first-order chi connectivity index (χ1) is 7.09. The van der Waals surface area contributed by atoms with Crippen LogP contribution in [0.25, 0.3) is 0 Å². The van der Waals surface area contributed by atoms with Crippen LogP contribution < -0.4 is 4.72 Å². The molecular weight excluding hydrogens is 285 g/mol. The van der Waals surface area contributed by atoms with E-state index in [0.29, 0.717) is 29.4 Å². The van der Waals surface area contributed by atoms with Gasteiger partial charge in [-0.1, -0.05) is 22.0 Å². The Balaban J connectivity index is 2.44. The lowest BCUT2D eigenvalue weighted by molar-refractivity contribution is 0.592. The smallest absolute Gasteiger partial charge is 0.201 e. The highest BCUT2D eigenvalue weighted by Gasteiger charge is 2.02. The summed E-state index contributed by atoms with van der Waals surface area (Å²) in [5, 5.41) is 0. The monoisotopic (exact) mass is 295 g/mol. The third kappa shape index (κ3) is 4.72. The van der Waals surface area contributed by atoms with Crippen molar-refractivity contribution in [2.45, 2.75) is 12.8 Å². The number of thiol groups is 1. The summed E-state index contributed by atoms with van der Waals surface area (Å²) in [6.45, 7) is 0.341. The lowest BCUT2D eigenvalue weighted by Gasteiger charge is -2.02. The lowest BCUT2D eigenvalue weighted by Crippen LogP contribution is -2.13. The summed E-state index contributed by atoms with van der Waals surface area (Å²) in [4.78, 5) is 0. The molecule has 0 saturated carbocycles. The van der Waals surface area contributed by atoms with Gasteiger partial charge in [0.05, 0.1) is 0 Å².